The second kappa shape index (κ2) is 9.50. The van der Waals surface area contributed by atoms with Crippen LogP contribution in [0.5, 0.6) is 0 Å². The molecule has 0 atom stereocenters. The molecule has 6 heteroatoms. The van der Waals surface area contributed by atoms with Crippen LogP contribution in [0.1, 0.15) is 42.5 Å². The number of methoxy groups -OCH3 is 1. The summed E-state index contributed by atoms with van der Waals surface area (Å²) in [6.07, 6.45) is 7.39. The van der Waals surface area contributed by atoms with E-state index in [0.29, 0.717) is 18.5 Å². The van der Waals surface area contributed by atoms with Crippen LogP contribution in [0.25, 0.3) is 5.69 Å². The first kappa shape index (κ1) is 17.7. The number of carbonyl (C=O) groups is 2. The SMILES string of the molecule is COC(=O)CCCCCCNC(=O)c1cnn(-c2ccccc2)c1. The molecule has 0 saturated heterocycles. The summed E-state index contributed by atoms with van der Waals surface area (Å²) in [4.78, 5) is 23.0. The molecule has 0 bridgehead atoms. The van der Waals surface area contributed by atoms with Gasteiger partial charge in [0.15, 0.2) is 0 Å². The molecule has 0 unspecified atom stereocenters. The summed E-state index contributed by atoms with van der Waals surface area (Å²) in [5.74, 6) is -0.287. The number of hydrogen-bond acceptors (Lipinski definition) is 4. The molecule has 1 amide bonds. The number of rotatable bonds is 9. The third-order valence-electron chi connectivity index (χ3n) is 3.69. The van der Waals surface area contributed by atoms with E-state index in [2.05, 4.69) is 15.2 Å². The molecule has 128 valence electrons. The van der Waals surface area contributed by atoms with Crippen LogP contribution >= 0.6 is 0 Å². The number of nitrogens with zero attached hydrogens (tertiary/aromatic N) is 2. The zero-order chi connectivity index (χ0) is 17.2. The van der Waals surface area contributed by atoms with Crippen LogP contribution in [0.15, 0.2) is 42.7 Å². The number of ether oxygens (including phenoxy) is 1. The minimum atomic E-state index is -0.168. The van der Waals surface area contributed by atoms with Crippen molar-refractivity contribution in [2.75, 3.05) is 13.7 Å². The maximum atomic E-state index is 12.1. The van der Waals surface area contributed by atoms with E-state index in [4.69, 9.17) is 0 Å². The molecule has 6 nitrogen and oxygen atoms in total. The second-order valence-corrected chi connectivity index (χ2v) is 5.51. The lowest BCUT2D eigenvalue weighted by molar-refractivity contribution is -0.140. The molecule has 0 aliphatic carbocycles. The fourth-order valence-electron chi connectivity index (χ4n) is 2.32. The summed E-state index contributed by atoms with van der Waals surface area (Å²) >= 11 is 0. The van der Waals surface area contributed by atoms with Crippen molar-refractivity contribution in [3.8, 4) is 5.69 Å². The molecule has 0 aliphatic heterocycles. The predicted octanol–water partition coefficient (Wildman–Crippen LogP) is 2.73. The minimum absolute atomic E-state index is 0.119. The third-order valence-corrected chi connectivity index (χ3v) is 3.69. The van der Waals surface area contributed by atoms with Crippen LogP contribution in [0, 0.1) is 0 Å². The Balaban J connectivity index is 1.66. The van der Waals surface area contributed by atoms with Crippen molar-refractivity contribution in [1.29, 1.82) is 0 Å². The second-order valence-electron chi connectivity index (χ2n) is 5.51. The lowest BCUT2D eigenvalue weighted by Crippen LogP contribution is -2.24. The number of para-hydroxylation sites is 1. The van der Waals surface area contributed by atoms with Crippen LogP contribution < -0.4 is 5.32 Å². The fourth-order valence-corrected chi connectivity index (χ4v) is 2.32. The van der Waals surface area contributed by atoms with E-state index >= 15 is 0 Å². The van der Waals surface area contributed by atoms with E-state index < -0.39 is 0 Å². The average molecular weight is 329 g/mol. The fraction of sp³-hybridized carbons (Fsp3) is 0.389. The largest absolute Gasteiger partial charge is 0.469 e. The van der Waals surface area contributed by atoms with Crippen LogP contribution in [0.2, 0.25) is 0 Å². The Bertz CT molecular complexity index is 653. The standard InChI is InChI=1S/C18H23N3O3/c1-24-17(22)11-7-2-3-8-12-19-18(23)15-13-20-21(14-15)16-9-5-4-6-10-16/h4-6,9-10,13-14H,2-3,7-8,11-12H2,1H3,(H,19,23). The number of amides is 1. The van der Waals surface area contributed by atoms with Gasteiger partial charge in [-0.25, -0.2) is 4.68 Å². The highest BCUT2D eigenvalue weighted by atomic mass is 16.5. The van der Waals surface area contributed by atoms with E-state index in [1.54, 1.807) is 17.1 Å². The smallest absolute Gasteiger partial charge is 0.305 e. The number of nitrogens with one attached hydrogen (secondary N) is 1. The summed E-state index contributed by atoms with van der Waals surface area (Å²) in [6, 6.07) is 9.66. The Kier molecular flexibility index (Phi) is 7.01. The molecule has 1 N–H and O–H groups in total. The first-order valence-electron chi connectivity index (χ1n) is 8.16. The molecule has 1 aromatic heterocycles. The van der Waals surface area contributed by atoms with Crippen molar-refractivity contribution in [1.82, 2.24) is 15.1 Å². The highest BCUT2D eigenvalue weighted by Gasteiger charge is 2.08. The van der Waals surface area contributed by atoms with E-state index in [0.717, 1.165) is 31.4 Å². The topological polar surface area (TPSA) is 73.2 Å². The highest BCUT2D eigenvalue weighted by Crippen LogP contribution is 2.08. The molecule has 24 heavy (non-hydrogen) atoms. The summed E-state index contributed by atoms with van der Waals surface area (Å²) in [5, 5.41) is 7.10. The van der Waals surface area contributed by atoms with Gasteiger partial charge in [-0.05, 0) is 25.0 Å². The number of carbonyl (C=O) groups excluding carboxylic acids is 2. The van der Waals surface area contributed by atoms with Gasteiger partial charge in [0.25, 0.3) is 5.91 Å². The van der Waals surface area contributed by atoms with Crippen LogP contribution in [-0.2, 0) is 9.53 Å². The van der Waals surface area contributed by atoms with Crippen molar-refractivity contribution in [3.05, 3.63) is 48.3 Å². The van der Waals surface area contributed by atoms with Gasteiger partial charge >= 0.3 is 5.97 Å². The van der Waals surface area contributed by atoms with E-state index in [-0.39, 0.29) is 11.9 Å². The first-order valence-corrected chi connectivity index (χ1v) is 8.16. The molecule has 2 aromatic rings. The molecule has 2 rings (SSSR count). The van der Waals surface area contributed by atoms with Crippen LogP contribution in [-0.4, -0.2) is 35.3 Å². The predicted molar refractivity (Wildman–Crippen MR) is 91.0 cm³/mol. The lowest BCUT2D eigenvalue weighted by atomic mass is 10.1. The van der Waals surface area contributed by atoms with Crippen molar-refractivity contribution < 1.29 is 14.3 Å². The molecule has 0 aliphatic rings. The van der Waals surface area contributed by atoms with Crippen molar-refractivity contribution in [2.45, 2.75) is 32.1 Å². The Hall–Kier alpha value is -2.63. The molecule has 1 heterocycles. The average Bonchev–Trinajstić information content (AvgIpc) is 3.11. The van der Waals surface area contributed by atoms with Gasteiger partial charge in [0.2, 0.25) is 0 Å². The van der Waals surface area contributed by atoms with Crippen molar-refractivity contribution in [3.63, 3.8) is 0 Å². The Labute approximate surface area is 141 Å². The Morgan fingerprint density at radius 2 is 1.88 bits per heavy atom. The van der Waals surface area contributed by atoms with Gasteiger partial charge in [-0.2, -0.15) is 5.10 Å². The number of aromatic nitrogens is 2. The summed E-state index contributed by atoms with van der Waals surface area (Å²) in [5.41, 5.74) is 1.46. The molecule has 0 spiro atoms. The maximum Gasteiger partial charge on any atom is 0.305 e. The third kappa shape index (κ3) is 5.53. The zero-order valence-electron chi connectivity index (χ0n) is 13.9. The normalized spacial score (nSPS) is 10.4. The quantitative estimate of drug-likeness (QED) is 0.567. The number of hydrogen-bond donors (Lipinski definition) is 1. The molecule has 0 radical (unpaired) electrons. The minimum Gasteiger partial charge on any atom is -0.469 e. The molecule has 0 saturated carbocycles. The Morgan fingerprint density at radius 1 is 1.12 bits per heavy atom. The van der Waals surface area contributed by atoms with E-state index in [1.807, 2.05) is 30.3 Å². The summed E-state index contributed by atoms with van der Waals surface area (Å²) in [7, 11) is 1.40. The van der Waals surface area contributed by atoms with Gasteiger partial charge in [-0.3, -0.25) is 9.59 Å². The van der Waals surface area contributed by atoms with Crippen LogP contribution in [0.3, 0.4) is 0 Å². The van der Waals surface area contributed by atoms with Crippen molar-refractivity contribution in [2.24, 2.45) is 0 Å². The molecular weight excluding hydrogens is 306 g/mol. The van der Waals surface area contributed by atoms with Gasteiger partial charge < -0.3 is 10.1 Å². The van der Waals surface area contributed by atoms with Crippen molar-refractivity contribution >= 4 is 11.9 Å². The van der Waals surface area contributed by atoms with E-state index in [9.17, 15) is 9.59 Å². The number of unbranched alkanes of at least 4 members (excludes halogenated alkanes) is 3. The summed E-state index contributed by atoms with van der Waals surface area (Å²) < 4.78 is 6.27. The number of esters is 1. The maximum absolute atomic E-state index is 12.1. The zero-order valence-corrected chi connectivity index (χ0v) is 13.9. The molecule has 1 aromatic carbocycles. The van der Waals surface area contributed by atoms with Gasteiger partial charge in [-0.15, -0.1) is 0 Å². The highest BCUT2D eigenvalue weighted by molar-refractivity contribution is 5.93. The van der Waals surface area contributed by atoms with E-state index in [1.165, 1.54) is 7.11 Å². The molecular formula is C18H23N3O3. The lowest BCUT2D eigenvalue weighted by Gasteiger charge is -2.04. The van der Waals surface area contributed by atoms with Gasteiger partial charge in [0.1, 0.15) is 0 Å². The first-order chi connectivity index (χ1) is 11.7. The van der Waals surface area contributed by atoms with Gasteiger partial charge in [-0.1, -0.05) is 31.0 Å². The molecule has 0 fully saturated rings. The van der Waals surface area contributed by atoms with Gasteiger partial charge in [0.05, 0.1) is 24.6 Å². The monoisotopic (exact) mass is 329 g/mol. The van der Waals surface area contributed by atoms with Crippen LogP contribution in [0.4, 0.5) is 0 Å². The Morgan fingerprint density at radius 3 is 2.62 bits per heavy atom. The van der Waals surface area contributed by atoms with Gasteiger partial charge in [0, 0.05) is 19.2 Å². The number of benzene rings is 1. The summed E-state index contributed by atoms with van der Waals surface area (Å²) in [6.45, 7) is 0.619.